The van der Waals surface area contributed by atoms with Crippen LogP contribution in [-0.4, -0.2) is 8.07 Å². The van der Waals surface area contributed by atoms with Gasteiger partial charge in [0.15, 0.2) is 0 Å². The number of allylic oxidation sites excluding steroid dienone is 4. The Morgan fingerprint density at radius 3 is 2.08 bits per heavy atom. The third-order valence-corrected chi connectivity index (χ3v) is 10.5. The number of rotatable bonds is 5. The summed E-state index contributed by atoms with van der Waals surface area (Å²) in [5.41, 5.74) is 6.28. The maximum atomic E-state index is 2.63. The Labute approximate surface area is 151 Å². The topological polar surface area (TPSA) is 0 Å². The van der Waals surface area contributed by atoms with Crippen molar-refractivity contribution in [2.24, 2.45) is 5.41 Å². The van der Waals surface area contributed by atoms with Crippen molar-refractivity contribution < 1.29 is 0 Å². The second-order valence-electron chi connectivity index (χ2n) is 8.93. The average molecular weight is 341 g/mol. The molecule has 0 saturated carbocycles. The minimum atomic E-state index is -1.71. The molecule has 2 rings (SSSR count). The van der Waals surface area contributed by atoms with Gasteiger partial charge >= 0.3 is 0 Å². The van der Waals surface area contributed by atoms with E-state index in [4.69, 9.17) is 0 Å². The zero-order valence-electron chi connectivity index (χ0n) is 17.1. The molecule has 132 valence electrons. The van der Waals surface area contributed by atoms with E-state index in [9.17, 15) is 0 Å². The van der Waals surface area contributed by atoms with Crippen molar-refractivity contribution in [1.29, 1.82) is 0 Å². The predicted octanol–water partition coefficient (Wildman–Crippen LogP) is 6.54. The average Bonchev–Trinajstić information content (AvgIpc) is 2.94. The maximum absolute atomic E-state index is 2.63. The van der Waals surface area contributed by atoms with Crippen LogP contribution >= 0.6 is 0 Å². The van der Waals surface area contributed by atoms with Gasteiger partial charge in [-0.3, -0.25) is 0 Å². The monoisotopic (exact) mass is 340 g/mol. The van der Waals surface area contributed by atoms with Gasteiger partial charge in [-0.05, 0) is 49.4 Å². The highest BCUT2D eigenvalue weighted by atomic mass is 28.3. The Morgan fingerprint density at radius 2 is 1.58 bits per heavy atom. The Hall–Kier alpha value is -1.08. The van der Waals surface area contributed by atoms with Gasteiger partial charge in [0.25, 0.3) is 0 Å². The molecule has 0 bridgehead atoms. The molecule has 1 aliphatic carbocycles. The molecule has 1 aromatic carbocycles. The van der Waals surface area contributed by atoms with E-state index in [2.05, 4.69) is 79.3 Å². The summed E-state index contributed by atoms with van der Waals surface area (Å²) >= 11 is 0. The number of hydrogen-bond donors (Lipinski definition) is 0. The zero-order chi connectivity index (χ0) is 18.1. The molecule has 0 heterocycles. The van der Waals surface area contributed by atoms with E-state index in [1.807, 2.05) is 0 Å². The number of benzene rings is 1. The van der Waals surface area contributed by atoms with Crippen LogP contribution in [0.25, 0.3) is 0 Å². The van der Waals surface area contributed by atoms with Crippen molar-refractivity contribution in [2.75, 3.05) is 0 Å². The van der Waals surface area contributed by atoms with Crippen LogP contribution in [0.1, 0.15) is 63.6 Å². The van der Waals surface area contributed by atoms with Crippen LogP contribution < -0.4 is 5.19 Å². The molecule has 1 atom stereocenters. The Bertz CT molecular complexity index is 647. The molecule has 24 heavy (non-hydrogen) atoms. The van der Waals surface area contributed by atoms with Gasteiger partial charge in [-0.2, -0.15) is 0 Å². The highest BCUT2D eigenvalue weighted by Crippen LogP contribution is 2.42. The normalized spacial score (nSPS) is 17.5. The molecule has 1 aliphatic rings. The molecule has 0 amide bonds. The summed E-state index contributed by atoms with van der Waals surface area (Å²) in [5.74, 6) is 0. The van der Waals surface area contributed by atoms with Gasteiger partial charge < -0.3 is 0 Å². The van der Waals surface area contributed by atoms with Crippen LogP contribution in [0.2, 0.25) is 12.6 Å². The van der Waals surface area contributed by atoms with Gasteiger partial charge in [0, 0.05) is 0 Å². The van der Waals surface area contributed by atoms with Crippen LogP contribution in [0.3, 0.4) is 0 Å². The first-order valence-electron chi connectivity index (χ1n) is 9.61. The standard InChI is InChI=1S/C23H36Si/c1-9-10-14-24(8,21-13-11-12-20(21)23(5,6)7)22-18(3)15-17(2)16-19(22)4/h12-13,15-16H,9-11,14H2,1-8H3. The third kappa shape index (κ3) is 3.61. The van der Waals surface area contributed by atoms with Gasteiger partial charge in [0.1, 0.15) is 8.07 Å². The van der Waals surface area contributed by atoms with Crippen molar-refractivity contribution in [3.05, 3.63) is 51.7 Å². The highest BCUT2D eigenvalue weighted by molar-refractivity contribution is 6.98. The zero-order valence-corrected chi connectivity index (χ0v) is 18.1. The quantitative estimate of drug-likeness (QED) is 0.534. The Kier molecular flexibility index (Phi) is 5.64. The fourth-order valence-corrected chi connectivity index (χ4v) is 10.1. The van der Waals surface area contributed by atoms with Gasteiger partial charge in [-0.15, -0.1) is 0 Å². The highest BCUT2D eigenvalue weighted by Gasteiger charge is 2.40. The van der Waals surface area contributed by atoms with E-state index in [-0.39, 0.29) is 5.41 Å². The van der Waals surface area contributed by atoms with E-state index < -0.39 is 8.07 Å². The van der Waals surface area contributed by atoms with Crippen LogP contribution in [0, 0.1) is 26.2 Å². The first kappa shape index (κ1) is 19.2. The SMILES string of the molecule is CCCC[Si](C)(C1=CCC=C1C(C)(C)C)c1c(C)cc(C)cc1C. The minimum absolute atomic E-state index is 0.245. The van der Waals surface area contributed by atoms with Crippen molar-refractivity contribution >= 4 is 13.3 Å². The lowest BCUT2D eigenvalue weighted by molar-refractivity contribution is 0.515. The Morgan fingerprint density at radius 1 is 1.00 bits per heavy atom. The second kappa shape index (κ2) is 7.04. The molecule has 1 heteroatoms. The van der Waals surface area contributed by atoms with Crippen molar-refractivity contribution in [1.82, 2.24) is 0 Å². The molecule has 1 aromatic rings. The molecular formula is C23H36Si. The molecule has 1 unspecified atom stereocenters. The Balaban J connectivity index is 2.63. The molecule has 0 aliphatic heterocycles. The smallest absolute Gasteiger partial charge is 0.0808 e. The van der Waals surface area contributed by atoms with Gasteiger partial charge in [0.05, 0.1) is 0 Å². The third-order valence-electron chi connectivity index (χ3n) is 5.60. The van der Waals surface area contributed by atoms with E-state index in [1.165, 1.54) is 35.6 Å². The fraction of sp³-hybridized carbons (Fsp3) is 0.565. The number of unbranched alkanes of at least 4 members (excludes halogenated alkanes) is 1. The summed E-state index contributed by atoms with van der Waals surface area (Å²) in [5, 5.41) is 3.42. The molecule has 0 fully saturated rings. The van der Waals surface area contributed by atoms with E-state index in [0.717, 1.165) is 6.42 Å². The van der Waals surface area contributed by atoms with Crippen LogP contribution in [0.4, 0.5) is 0 Å². The van der Waals surface area contributed by atoms with Crippen molar-refractivity contribution in [3.63, 3.8) is 0 Å². The van der Waals surface area contributed by atoms with Crippen LogP contribution in [0.15, 0.2) is 35.1 Å². The lowest BCUT2D eigenvalue weighted by Gasteiger charge is -2.38. The lowest BCUT2D eigenvalue weighted by atomic mass is 9.87. The second-order valence-corrected chi connectivity index (χ2v) is 13.1. The summed E-state index contributed by atoms with van der Waals surface area (Å²) in [6.07, 6.45) is 8.80. The largest absolute Gasteiger partial charge is 0.115 e. The fourth-order valence-electron chi connectivity index (χ4n) is 4.72. The van der Waals surface area contributed by atoms with E-state index in [0.29, 0.717) is 0 Å². The molecule has 0 saturated heterocycles. The van der Waals surface area contributed by atoms with Crippen molar-refractivity contribution in [3.8, 4) is 0 Å². The lowest BCUT2D eigenvalue weighted by Crippen LogP contribution is -2.50. The summed E-state index contributed by atoms with van der Waals surface area (Å²) < 4.78 is 0. The molecule has 0 spiro atoms. The van der Waals surface area contributed by atoms with Gasteiger partial charge in [-0.1, -0.05) is 93.3 Å². The van der Waals surface area contributed by atoms with Crippen LogP contribution in [0.5, 0.6) is 0 Å². The summed E-state index contributed by atoms with van der Waals surface area (Å²) in [6.45, 7) is 19.0. The number of hydrogen-bond acceptors (Lipinski definition) is 0. The molecule has 0 radical (unpaired) electrons. The first-order chi connectivity index (χ1) is 11.1. The molecule has 0 nitrogen and oxygen atoms in total. The summed E-state index contributed by atoms with van der Waals surface area (Å²) in [7, 11) is -1.71. The molecule has 0 aromatic heterocycles. The summed E-state index contributed by atoms with van der Waals surface area (Å²) in [4.78, 5) is 0. The molecular weight excluding hydrogens is 304 g/mol. The predicted molar refractivity (Wildman–Crippen MR) is 112 cm³/mol. The van der Waals surface area contributed by atoms with Gasteiger partial charge in [0.2, 0.25) is 0 Å². The van der Waals surface area contributed by atoms with E-state index in [1.54, 1.807) is 16.0 Å². The minimum Gasteiger partial charge on any atom is -0.0808 e. The number of aryl methyl sites for hydroxylation is 3. The maximum Gasteiger partial charge on any atom is 0.115 e. The molecule has 0 N–H and O–H groups in total. The summed E-state index contributed by atoms with van der Waals surface area (Å²) in [6, 6.07) is 6.17. The van der Waals surface area contributed by atoms with E-state index >= 15 is 0 Å². The van der Waals surface area contributed by atoms with Gasteiger partial charge in [-0.25, -0.2) is 0 Å². The van der Waals surface area contributed by atoms with Crippen molar-refractivity contribution in [2.45, 2.75) is 80.3 Å². The first-order valence-corrected chi connectivity index (χ1v) is 12.3. The van der Waals surface area contributed by atoms with Crippen LogP contribution in [-0.2, 0) is 0 Å².